The van der Waals surface area contributed by atoms with Crippen LogP contribution in [0.1, 0.15) is 32.6 Å². The molecule has 2 N–H and O–H groups in total. The molecule has 0 atom stereocenters. The number of ether oxygens (including phenoxy) is 1. The SMILES string of the molecule is O=C(/C=C/c1ccc(OCc2ccccc2)cc1)NCc1ccc(C(=O)NCc2ccccc2)cc1. The van der Waals surface area contributed by atoms with Crippen LogP contribution in [0.5, 0.6) is 5.75 Å². The summed E-state index contributed by atoms with van der Waals surface area (Å²) in [5, 5.41) is 5.77. The molecule has 0 aliphatic carbocycles. The summed E-state index contributed by atoms with van der Waals surface area (Å²) in [5.41, 5.74) is 4.56. The Morgan fingerprint density at radius 3 is 1.89 bits per heavy atom. The first-order valence-corrected chi connectivity index (χ1v) is 11.8. The van der Waals surface area contributed by atoms with Crippen LogP contribution in [0.2, 0.25) is 0 Å². The van der Waals surface area contributed by atoms with Crippen molar-refractivity contribution in [3.63, 3.8) is 0 Å². The van der Waals surface area contributed by atoms with Gasteiger partial charge in [-0.15, -0.1) is 0 Å². The molecular weight excluding hydrogens is 448 g/mol. The molecular formula is C31H28N2O3. The van der Waals surface area contributed by atoms with Gasteiger partial charge in [0.2, 0.25) is 5.91 Å². The Kier molecular flexibility index (Phi) is 8.65. The third kappa shape index (κ3) is 7.71. The highest BCUT2D eigenvalue weighted by atomic mass is 16.5. The second kappa shape index (κ2) is 12.7. The summed E-state index contributed by atoms with van der Waals surface area (Å²) < 4.78 is 5.79. The van der Waals surface area contributed by atoms with Crippen LogP contribution in [0.15, 0.2) is 115 Å². The standard InChI is InChI=1S/C31H28N2O3/c34-30(20-15-24-13-18-29(19-14-24)36-23-27-9-5-2-6-10-27)32-21-26-11-16-28(17-12-26)31(35)33-22-25-7-3-1-4-8-25/h1-20H,21-23H2,(H,32,34)(H,33,35)/b20-15+. The molecule has 0 unspecified atom stereocenters. The van der Waals surface area contributed by atoms with E-state index in [0.717, 1.165) is 28.0 Å². The maximum atomic E-state index is 12.3. The molecule has 36 heavy (non-hydrogen) atoms. The summed E-state index contributed by atoms with van der Waals surface area (Å²) in [5.74, 6) is 0.454. The number of nitrogens with one attached hydrogen (secondary N) is 2. The van der Waals surface area contributed by atoms with Gasteiger partial charge in [-0.3, -0.25) is 9.59 Å². The van der Waals surface area contributed by atoms with Gasteiger partial charge in [-0.2, -0.15) is 0 Å². The van der Waals surface area contributed by atoms with E-state index < -0.39 is 0 Å². The van der Waals surface area contributed by atoms with Crippen molar-refractivity contribution in [3.8, 4) is 5.75 Å². The van der Waals surface area contributed by atoms with Crippen LogP contribution in [0.25, 0.3) is 6.08 Å². The van der Waals surface area contributed by atoms with Crippen LogP contribution in [-0.2, 0) is 24.5 Å². The van der Waals surface area contributed by atoms with Gasteiger partial charge in [-0.25, -0.2) is 0 Å². The summed E-state index contributed by atoms with van der Waals surface area (Å²) in [6.07, 6.45) is 3.27. The lowest BCUT2D eigenvalue weighted by Gasteiger charge is -2.07. The van der Waals surface area contributed by atoms with Gasteiger partial charge >= 0.3 is 0 Å². The van der Waals surface area contributed by atoms with Crippen LogP contribution >= 0.6 is 0 Å². The van der Waals surface area contributed by atoms with E-state index in [4.69, 9.17) is 4.74 Å². The second-order valence-electron chi connectivity index (χ2n) is 8.26. The maximum Gasteiger partial charge on any atom is 0.251 e. The lowest BCUT2D eigenvalue weighted by atomic mass is 10.1. The Morgan fingerprint density at radius 1 is 0.639 bits per heavy atom. The molecule has 0 aliphatic rings. The van der Waals surface area contributed by atoms with Gasteiger partial charge < -0.3 is 15.4 Å². The van der Waals surface area contributed by atoms with Crippen molar-refractivity contribution in [2.45, 2.75) is 19.7 Å². The van der Waals surface area contributed by atoms with Crippen molar-refractivity contribution in [1.82, 2.24) is 10.6 Å². The number of benzene rings is 4. The average molecular weight is 477 g/mol. The highest BCUT2D eigenvalue weighted by molar-refractivity contribution is 5.94. The summed E-state index contributed by atoms with van der Waals surface area (Å²) >= 11 is 0. The molecule has 0 heterocycles. The molecule has 2 amide bonds. The Labute approximate surface area is 211 Å². The first kappa shape index (κ1) is 24.5. The summed E-state index contributed by atoms with van der Waals surface area (Å²) in [6.45, 7) is 1.37. The predicted octanol–water partition coefficient (Wildman–Crippen LogP) is 5.53. The van der Waals surface area contributed by atoms with Gasteiger partial charge in [0, 0.05) is 24.7 Å². The molecule has 0 aliphatic heterocycles. The predicted molar refractivity (Wildman–Crippen MR) is 142 cm³/mol. The normalized spacial score (nSPS) is 10.7. The fourth-order valence-corrected chi connectivity index (χ4v) is 3.49. The minimum atomic E-state index is -0.191. The number of carbonyl (C=O) groups is 2. The molecule has 180 valence electrons. The van der Waals surface area contributed by atoms with E-state index in [0.29, 0.717) is 25.3 Å². The zero-order valence-corrected chi connectivity index (χ0v) is 19.9. The number of rotatable bonds is 10. The first-order valence-electron chi connectivity index (χ1n) is 11.8. The largest absolute Gasteiger partial charge is 0.489 e. The zero-order valence-electron chi connectivity index (χ0n) is 19.9. The van der Waals surface area contributed by atoms with E-state index >= 15 is 0 Å². The van der Waals surface area contributed by atoms with Gasteiger partial charge in [0.25, 0.3) is 5.91 Å². The van der Waals surface area contributed by atoms with Crippen LogP contribution < -0.4 is 15.4 Å². The van der Waals surface area contributed by atoms with E-state index in [1.165, 1.54) is 6.08 Å². The van der Waals surface area contributed by atoms with Crippen LogP contribution in [0, 0.1) is 0 Å². The van der Waals surface area contributed by atoms with Gasteiger partial charge in [0.05, 0.1) is 0 Å². The first-order chi connectivity index (χ1) is 17.7. The molecule has 0 saturated carbocycles. The van der Waals surface area contributed by atoms with E-state index in [2.05, 4.69) is 10.6 Å². The lowest BCUT2D eigenvalue weighted by Crippen LogP contribution is -2.23. The highest BCUT2D eigenvalue weighted by Crippen LogP contribution is 2.15. The average Bonchev–Trinajstić information content (AvgIpc) is 2.94. The van der Waals surface area contributed by atoms with E-state index in [1.54, 1.807) is 18.2 Å². The van der Waals surface area contributed by atoms with E-state index in [-0.39, 0.29) is 11.8 Å². The summed E-state index contributed by atoms with van der Waals surface area (Å²) in [6, 6.07) is 34.6. The summed E-state index contributed by atoms with van der Waals surface area (Å²) in [7, 11) is 0. The zero-order chi connectivity index (χ0) is 25.0. The number of carbonyl (C=O) groups excluding carboxylic acids is 2. The van der Waals surface area contributed by atoms with Gasteiger partial charge in [0.1, 0.15) is 12.4 Å². The van der Waals surface area contributed by atoms with Crippen molar-refractivity contribution in [1.29, 1.82) is 0 Å². The van der Waals surface area contributed by atoms with Crippen molar-refractivity contribution in [2.75, 3.05) is 0 Å². The quantitative estimate of drug-likeness (QED) is 0.296. The van der Waals surface area contributed by atoms with Gasteiger partial charge in [-0.1, -0.05) is 84.9 Å². The van der Waals surface area contributed by atoms with Crippen LogP contribution in [0.4, 0.5) is 0 Å². The summed E-state index contributed by atoms with van der Waals surface area (Å²) in [4.78, 5) is 24.6. The maximum absolute atomic E-state index is 12.3. The third-order valence-corrected chi connectivity index (χ3v) is 5.53. The molecule has 4 rings (SSSR count). The van der Waals surface area contributed by atoms with Gasteiger partial charge in [-0.05, 0) is 52.6 Å². The molecule has 5 heteroatoms. The molecule has 0 spiro atoms. The minimum absolute atomic E-state index is 0.131. The topological polar surface area (TPSA) is 67.4 Å². The van der Waals surface area contributed by atoms with E-state index in [9.17, 15) is 9.59 Å². The lowest BCUT2D eigenvalue weighted by molar-refractivity contribution is -0.116. The van der Waals surface area contributed by atoms with Crippen LogP contribution in [-0.4, -0.2) is 11.8 Å². The van der Waals surface area contributed by atoms with Crippen molar-refractivity contribution in [2.24, 2.45) is 0 Å². The molecule has 0 radical (unpaired) electrons. The third-order valence-electron chi connectivity index (χ3n) is 5.53. The van der Waals surface area contributed by atoms with Crippen LogP contribution in [0.3, 0.4) is 0 Å². The van der Waals surface area contributed by atoms with Crippen molar-refractivity contribution >= 4 is 17.9 Å². The fourth-order valence-electron chi connectivity index (χ4n) is 3.49. The molecule has 0 fully saturated rings. The van der Waals surface area contributed by atoms with Crippen molar-refractivity contribution < 1.29 is 14.3 Å². The smallest absolute Gasteiger partial charge is 0.251 e. The number of hydrogen-bond donors (Lipinski definition) is 2. The number of amides is 2. The Morgan fingerprint density at radius 2 is 1.22 bits per heavy atom. The Hall–Kier alpha value is -4.64. The molecule has 0 aromatic heterocycles. The highest BCUT2D eigenvalue weighted by Gasteiger charge is 2.06. The van der Waals surface area contributed by atoms with E-state index in [1.807, 2.05) is 97.1 Å². The fraction of sp³-hybridized carbons (Fsp3) is 0.0968. The minimum Gasteiger partial charge on any atom is -0.489 e. The van der Waals surface area contributed by atoms with Crippen molar-refractivity contribution in [3.05, 3.63) is 143 Å². The Balaban J connectivity index is 1.19. The molecule has 4 aromatic carbocycles. The Bertz CT molecular complexity index is 1280. The molecule has 4 aromatic rings. The molecule has 0 bridgehead atoms. The van der Waals surface area contributed by atoms with Gasteiger partial charge in [0.15, 0.2) is 0 Å². The number of hydrogen-bond acceptors (Lipinski definition) is 3. The monoisotopic (exact) mass is 476 g/mol. The molecule has 5 nitrogen and oxygen atoms in total. The molecule has 0 saturated heterocycles. The second-order valence-corrected chi connectivity index (χ2v) is 8.26.